The average Bonchev–Trinajstić information content (AvgIpc) is 2.90. The maximum atomic E-state index is 10.0. The number of aromatic nitrogens is 2. The Morgan fingerprint density at radius 2 is 2.22 bits per heavy atom. The molecule has 2 N–H and O–H groups in total. The number of nitrogens with one attached hydrogen (secondary N) is 1. The Bertz CT molecular complexity index is 778. The first-order valence-corrected chi connectivity index (χ1v) is 6.39. The molecular formula is C14H11ClN2O. The first-order chi connectivity index (χ1) is 8.74. The zero-order valence-electron chi connectivity index (χ0n) is 9.57. The maximum absolute atomic E-state index is 10.0. The molecule has 0 radical (unpaired) electrons. The lowest BCUT2D eigenvalue weighted by molar-refractivity contribution is 0.181. The molecule has 18 heavy (non-hydrogen) atoms. The van der Waals surface area contributed by atoms with Crippen molar-refractivity contribution in [3.8, 4) is 0 Å². The van der Waals surface area contributed by atoms with Gasteiger partial charge in [0.05, 0.1) is 11.6 Å². The van der Waals surface area contributed by atoms with Crippen molar-refractivity contribution < 1.29 is 5.11 Å². The van der Waals surface area contributed by atoms with E-state index in [0.717, 1.165) is 45.8 Å². The molecule has 2 aromatic heterocycles. The summed E-state index contributed by atoms with van der Waals surface area (Å²) in [5.74, 6) is 0. The molecule has 0 saturated heterocycles. The number of halogens is 1. The molecule has 0 saturated carbocycles. The number of fused-ring (bicyclic) bond motifs is 5. The van der Waals surface area contributed by atoms with Gasteiger partial charge in [0.25, 0.3) is 0 Å². The summed E-state index contributed by atoms with van der Waals surface area (Å²) < 4.78 is 0. The van der Waals surface area contributed by atoms with E-state index in [4.69, 9.17) is 11.6 Å². The quantitative estimate of drug-likeness (QED) is 0.608. The molecule has 1 unspecified atom stereocenters. The van der Waals surface area contributed by atoms with E-state index in [2.05, 4.69) is 9.97 Å². The molecule has 90 valence electrons. The lowest BCUT2D eigenvalue weighted by Gasteiger charge is -2.04. The second-order valence-electron chi connectivity index (χ2n) is 4.77. The van der Waals surface area contributed by atoms with Crippen LogP contribution in [0.5, 0.6) is 0 Å². The highest BCUT2D eigenvalue weighted by Crippen LogP contribution is 2.39. The first kappa shape index (κ1) is 10.4. The normalized spacial score (nSPS) is 18.7. The van der Waals surface area contributed by atoms with E-state index in [9.17, 15) is 5.11 Å². The Kier molecular flexibility index (Phi) is 1.99. The molecular weight excluding hydrogens is 248 g/mol. The van der Waals surface area contributed by atoms with Crippen LogP contribution >= 0.6 is 11.6 Å². The Labute approximate surface area is 108 Å². The van der Waals surface area contributed by atoms with Gasteiger partial charge in [0, 0.05) is 33.6 Å². The van der Waals surface area contributed by atoms with Crippen molar-refractivity contribution in [1.29, 1.82) is 0 Å². The van der Waals surface area contributed by atoms with Gasteiger partial charge in [0.15, 0.2) is 0 Å². The minimum absolute atomic E-state index is 0.367. The van der Waals surface area contributed by atoms with Crippen LogP contribution in [-0.4, -0.2) is 15.1 Å². The highest BCUT2D eigenvalue weighted by molar-refractivity contribution is 6.30. The highest BCUT2D eigenvalue weighted by Gasteiger charge is 2.26. The second-order valence-corrected chi connectivity index (χ2v) is 5.18. The molecule has 0 amide bonds. The number of rotatable bonds is 0. The van der Waals surface area contributed by atoms with Crippen LogP contribution in [0.3, 0.4) is 0 Å². The predicted molar refractivity (Wildman–Crippen MR) is 71.9 cm³/mol. The molecule has 3 nitrogen and oxygen atoms in total. The van der Waals surface area contributed by atoms with E-state index >= 15 is 0 Å². The van der Waals surface area contributed by atoms with Crippen LogP contribution < -0.4 is 0 Å². The fourth-order valence-electron chi connectivity index (χ4n) is 2.88. The molecule has 1 atom stereocenters. The summed E-state index contributed by atoms with van der Waals surface area (Å²) in [4.78, 5) is 7.67. The summed E-state index contributed by atoms with van der Waals surface area (Å²) in [5, 5.41) is 13.8. The van der Waals surface area contributed by atoms with Crippen LogP contribution in [0.1, 0.15) is 23.8 Å². The van der Waals surface area contributed by atoms with Gasteiger partial charge < -0.3 is 10.1 Å². The van der Waals surface area contributed by atoms with Crippen LogP contribution in [0.15, 0.2) is 24.4 Å². The molecule has 0 bridgehead atoms. The molecule has 0 fully saturated rings. The van der Waals surface area contributed by atoms with Crippen molar-refractivity contribution >= 4 is 33.3 Å². The lowest BCUT2D eigenvalue weighted by Crippen LogP contribution is -1.89. The summed E-state index contributed by atoms with van der Waals surface area (Å²) >= 11 is 6.01. The van der Waals surface area contributed by atoms with Gasteiger partial charge in [0.2, 0.25) is 0 Å². The molecule has 1 aliphatic rings. The number of hydrogen-bond acceptors (Lipinski definition) is 2. The topological polar surface area (TPSA) is 48.9 Å². The van der Waals surface area contributed by atoms with E-state index in [1.807, 2.05) is 24.4 Å². The summed E-state index contributed by atoms with van der Waals surface area (Å²) in [5.41, 5.74) is 3.00. The average molecular weight is 259 g/mol. The molecule has 4 rings (SSSR count). The molecule has 0 spiro atoms. The third-order valence-electron chi connectivity index (χ3n) is 3.72. The van der Waals surface area contributed by atoms with Crippen LogP contribution in [0, 0.1) is 0 Å². The van der Waals surface area contributed by atoms with E-state index in [1.165, 1.54) is 0 Å². The van der Waals surface area contributed by atoms with Gasteiger partial charge in [-0.05, 0) is 18.9 Å². The number of aliphatic hydroxyl groups excluding tert-OH is 1. The van der Waals surface area contributed by atoms with Crippen molar-refractivity contribution in [1.82, 2.24) is 9.97 Å². The van der Waals surface area contributed by atoms with Gasteiger partial charge in [-0.25, -0.2) is 0 Å². The zero-order chi connectivity index (χ0) is 12.3. The number of benzene rings is 1. The minimum atomic E-state index is -0.367. The largest absolute Gasteiger partial charge is 0.388 e. The zero-order valence-corrected chi connectivity index (χ0v) is 10.3. The standard InChI is InChI=1S/C14H11ClN2O/c15-12-5-9-7(6-16-12)1-2-8-13-10(17-14(8)9)3-4-11(13)18/h1-2,5-6,11,16,18H,3-4H2. The second kappa shape index (κ2) is 3.46. The molecule has 3 aromatic rings. The Hall–Kier alpha value is -1.58. The van der Waals surface area contributed by atoms with Crippen molar-refractivity contribution in [3.05, 3.63) is 40.8 Å². The number of H-pyrrole nitrogens is 1. The number of aryl methyl sites for hydroxylation is 1. The molecule has 0 aliphatic heterocycles. The molecule has 2 heterocycles. The van der Waals surface area contributed by atoms with E-state index in [0.29, 0.717) is 5.15 Å². The molecule has 4 heteroatoms. The van der Waals surface area contributed by atoms with Crippen molar-refractivity contribution in [3.63, 3.8) is 0 Å². The fourth-order valence-corrected chi connectivity index (χ4v) is 3.05. The van der Waals surface area contributed by atoms with Crippen molar-refractivity contribution in [2.45, 2.75) is 18.9 Å². The van der Waals surface area contributed by atoms with Crippen LogP contribution in [0.25, 0.3) is 21.7 Å². The van der Waals surface area contributed by atoms with Crippen LogP contribution in [0.4, 0.5) is 0 Å². The predicted octanol–water partition coefficient (Wildman–Crippen LogP) is 3.35. The minimum Gasteiger partial charge on any atom is -0.388 e. The smallest absolute Gasteiger partial charge is 0.106 e. The number of pyridine rings is 1. The van der Waals surface area contributed by atoms with Crippen molar-refractivity contribution in [2.24, 2.45) is 0 Å². The highest BCUT2D eigenvalue weighted by atomic mass is 35.5. The first-order valence-electron chi connectivity index (χ1n) is 6.01. The summed E-state index contributed by atoms with van der Waals surface area (Å²) in [6.45, 7) is 0. The van der Waals surface area contributed by atoms with Crippen LogP contribution in [-0.2, 0) is 6.42 Å². The van der Waals surface area contributed by atoms with Gasteiger partial charge in [0.1, 0.15) is 5.15 Å². The summed E-state index contributed by atoms with van der Waals surface area (Å²) in [7, 11) is 0. The van der Waals surface area contributed by atoms with Gasteiger partial charge >= 0.3 is 0 Å². The van der Waals surface area contributed by atoms with E-state index in [-0.39, 0.29) is 6.10 Å². The number of hydrogen-bond donors (Lipinski definition) is 2. The summed E-state index contributed by atoms with van der Waals surface area (Å²) in [6.07, 6.45) is 3.16. The number of aromatic amines is 1. The van der Waals surface area contributed by atoms with Crippen molar-refractivity contribution in [2.75, 3.05) is 0 Å². The molecule has 1 aromatic carbocycles. The monoisotopic (exact) mass is 258 g/mol. The fraction of sp³-hybridized carbons (Fsp3) is 0.214. The Morgan fingerprint density at radius 3 is 3.11 bits per heavy atom. The van der Waals surface area contributed by atoms with Gasteiger partial charge in [-0.3, -0.25) is 4.98 Å². The van der Waals surface area contributed by atoms with Gasteiger partial charge in [-0.2, -0.15) is 0 Å². The van der Waals surface area contributed by atoms with E-state index < -0.39 is 0 Å². The maximum Gasteiger partial charge on any atom is 0.106 e. The molecule has 1 aliphatic carbocycles. The lowest BCUT2D eigenvalue weighted by atomic mass is 10.1. The number of nitrogens with zero attached hydrogens (tertiary/aromatic N) is 1. The Morgan fingerprint density at radius 1 is 1.33 bits per heavy atom. The summed E-state index contributed by atoms with van der Waals surface area (Å²) in [6, 6.07) is 5.98. The van der Waals surface area contributed by atoms with Crippen LogP contribution in [0.2, 0.25) is 5.15 Å². The number of aliphatic hydroxyl groups is 1. The van der Waals surface area contributed by atoms with Gasteiger partial charge in [-0.1, -0.05) is 23.7 Å². The van der Waals surface area contributed by atoms with Gasteiger partial charge in [-0.15, -0.1) is 0 Å². The van der Waals surface area contributed by atoms with E-state index in [1.54, 1.807) is 0 Å². The third-order valence-corrected chi connectivity index (χ3v) is 3.94. The Balaban J connectivity index is 2.17. The third kappa shape index (κ3) is 1.26. The SMILES string of the molecule is OC1CCc2nc3c(ccc4c[nH]c(Cl)cc43)c21.